The number of rotatable bonds is 5. The molecule has 1 rings (SSSR count). The zero-order chi connectivity index (χ0) is 11.1. The first kappa shape index (κ1) is 13.2. The van der Waals surface area contributed by atoms with Gasteiger partial charge in [-0.1, -0.05) is 6.92 Å². The van der Waals surface area contributed by atoms with Crippen molar-refractivity contribution in [3.05, 3.63) is 0 Å². The predicted molar refractivity (Wildman–Crippen MR) is 69.7 cm³/mol. The van der Waals surface area contributed by atoms with Crippen molar-refractivity contribution < 1.29 is 4.79 Å². The molecule has 2 atom stereocenters. The fraction of sp³-hybridized carbons (Fsp3) is 0.900. The standard InChI is InChI=1S/C10H20N2OS2/c1-3-14-6-8(2)12-10(13)9-7-15-5-4-11-9/h8-9,11H,3-7H2,1-2H3,(H,12,13). The van der Waals surface area contributed by atoms with Gasteiger partial charge in [-0.05, 0) is 12.7 Å². The maximum atomic E-state index is 11.8. The van der Waals surface area contributed by atoms with E-state index < -0.39 is 0 Å². The monoisotopic (exact) mass is 248 g/mol. The summed E-state index contributed by atoms with van der Waals surface area (Å²) < 4.78 is 0. The summed E-state index contributed by atoms with van der Waals surface area (Å²) in [6.07, 6.45) is 0. The molecule has 1 saturated heterocycles. The molecule has 15 heavy (non-hydrogen) atoms. The SMILES string of the molecule is CCSCC(C)NC(=O)C1CSCCN1. The predicted octanol–water partition coefficient (Wildman–Crippen LogP) is 0.949. The van der Waals surface area contributed by atoms with Crippen molar-refractivity contribution in [1.82, 2.24) is 10.6 Å². The molecule has 2 unspecified atom stereocenters. The molecule has 1 amide bonds. The molecule has 0 saturated carbocycles. The summed E-state index contributed by atoms with van der Waals surface area (Å²) in [5.74, 6) is 4.29. The summed E-state index contributed by atoms with van der Waals surface area (Å²) in [6, 6.07) is 0.286. The van der Waals surface area contributed by atoms with Crippen molar-refractivity contribution in [2.24, 2.45) is 0 Å². The molecule has 1 aliphatic rings. The minimum atomic E-state index is 0.0119. The summed E-state index contributed by atoms with van der Waals surface area (Å²) >= 11 is 3.71. The molecule has 3 nitrogen and oxygen atoms in total. The molecule has 0 aromatic rings. The Balaban J connectivity index is 2.21. The molecule has 5 heteroatoms. The number of amides is 1. The van der Waals surface area contributed by atoms with E-state index in [1.807, 2.05) is 23.5 Å². The molecule has 1 fully saturated rings. The van der Waals surface area contributed by atoms with Gasteiger partial charge in [-0.25, -0.2) is 0 Å². The van der Waals surface area contributed by atoms with Crippen LogP contribution in [0.2, 0.25) is 0 Å². The van der Waals surface area contributed by atoms with Crippen molar-refractivity contribution in [2.75, 3.05) is 29.6 Å². The van der Waals surface area contributed by atoms with Crippen LogP contribution in [0.4, 0.5) is 0 Å². The van der Waals surface area contributed by atoms with Gasteiger partial charge in [-0.3, -0.25) is 4.79 Å². The number of hydrogen-bond donors (Lipinski definition) is 2. The van der Waals surface area contributed by atoms with Crippen LogP contribution >= 0.6 is 23.5 Å². The van der Waals surface area contributed by atoms with Crippen LogP contribution in [0, 0.1) is 0 Å². The maximum Gasteiger partial charge on any atom is 0.238 e. The highest BCUT2D eigenvalue weighted by atomic mass is 32.2. The lowest BCUT2D eigenvalue weighted by Crippen LogP contribution is -2.51. The molecular formula is C10H20N2OS2. The Kier molecular flexibility index (Phi) is 6.52. The third-order valence-electron chi connectivity index (χ3n) is 2.20. The Hall–Kier alpha value is 0.130. The molecule has 0 radical (unpaired) electrons. The normalized spacial score (nSPS) is 23.5. The third-order valence-corrected chi connectivity index (χ3v) is 4.40. The van der Waals surface area contributed by atoms with Gasteiger partial charge in [0.05, 0.1) is 6.04 Å². The topological polar surface area (TPSA) is 41.1 Å². The number of hydrogen-bond acceptors (Lipinski definition) is 4. The van der Waals surface area contributed by atoms with Crippen LogP contribution in [0.15, 0.2) is 0 Å². The van der Waals surface area contributed by atoms with Gasteiger partial charge >= 0.3 is 0 Å². The average Bonchev–Trinajstić information content (AvgIpc) is 2.27. The van der Waals surface area contributed by atoms with Crippen LogP contribution in [-0.4, -0.2) is 47.5 Å². The minimum absolute atomic E-state index is 0.0119. The number of carbonyl (C=O) groups is 1. The first-order valence-corrected chi connectivity index (χ1v) is 7.74. The van der Waals surface area contributed by atoms with Gasteiger partial charge in [-0.2, -0.15) is 23.5 Å². The Bertz CT molecular complexity index is 196. The molecule has 0 aliphatic carbocycles. The number of thioether (sulfide) groups is 2. The van der Waals surface area contributed by atoms with Gasteiger partial charge in [0.1, 0.15) is 0 Å². The third kappa shape index (κ3) is 5.13. The summed E-state index contributed by atoms with van der Waals surface area (Å²) in [7, 11) is 0. The highest BCUT2D eigenvalue weighted by Gasteiger charge is 2.21. The van der Waals surface area contributed by atoms with Gasteiger partial charge in [0, 0.05) is 29.8 Å². The second kappa shape index (κ2) is 7.41. The van der Waals surface area contributed by atoms with Gasteiger partial charge < -0.3 is 10.6 Å². The van der Waals surface area contributed by atoms with Crippen LogP contribution in [0.5, 0.6) is 0 Å². The molecule has 1 aliphatic heterocycles. The van der Waals surface area contributed by atoms with Gasteiger partial charge in [0.15, 0.2) is 0 Å². The zero-order valence-corrected chi connectivity index (χ0v) is 11.0. The second-order valence-corrected chi connectivity index (χ2v) is 6.12. The van der Waals surface area contributed by atoms with E-state index in [0.717, 1.165) is 29.6 Å². The molecule has 0 aromatic heterocycles. The Morgan fingerprint density at radius 3 is 3.13 bits per heavy atom. The van der Waals surface area contributed by atoms with E-state index >= 15 is 0 Å². The molecule has 0 spiro atoms. The smallest absolute Gasteiger partial charge is 0.238 e. The highest BCUT2D eigenvalue weighted by molar-refractivity contribution is 7.99. The lowest BCUT2D eigenvalue weighted by atomic mass is 10.2. The van der Waals surface area contributed by atoms with Crippen molar-refractivity contribution in [1.29, 1.82) is 0 Å². The largest absolute Gasteiger partial charge is 0.351 e. The quantitative estimate of drug-likeness (QED) is 0.760. The van der Waals surface area contributed by atoms with E-state index in [1.165, 1.54) is 0 Å². The van der Waals surface area contributed by atoms with Gasteiger partial charge in [0.2, 0.25) is 5.91 Å². The van der Waals surface area contributed by atoms with Crippen LogP contribution in [0.3, 0.4) is 0 Å². The lowest BCUT2D eigenvalue weighted by molar-refractivity contribution is -0.123. The zero-order valence-electron chi connectivity index (χ0n) is 9.41. The molecular weight excluding hydrogens is 228 g/mol. The van der Waals surface area contributed by atoms with E-state index in [0.29, 0.717) is 0 Å². The number of nitrogens with one attached hydrogen (secondary N) is 2. The van der Waals surface area contributed by atoms with E-state index in [4.69, 9.17) is 0 Å². The summed E-state index contributed by atoms with van der Waals surface area (Å²) in [5, 5.41) is 6.29. The first-order valence-electron chi connectivity index (χ1n) is 5.43. The van der Waals surface area contributed by atoms with E-state index in [-0.39, 0.29) is 18.0 Å². The molecule has 2 N–H and O–H groups in total. The van der Waals surface area contributed by atoms with Crippen molar-refractivity contribution in [3.8, 4) is 0 Å². The summed E-state index contributed by atoms with van der Waals surface area (Å²) in [4.78, 5) is 11.8. The second-order valence-electron chi connectivity index (χ2n) is 3.65. The molecule has 0 aromatic carbocycles. The number of carbonyl (C=O) groups excluding carboxylic acids is 1. The van der Waals surface area contributed by atoms with Crippen molar-refractivity contribution in [2.45, 2.75) is 25.9 Å². The highest BCUT2D eigenvalue weighted by Crippen LogP contribution is 2.08. The molecule has 0 bridgehead atoms. The lowest BCUT2D eigenvalue weighted by Gasteiger charge is -2.24. The fourth-order valence-corrected chi connectivity index (χ4v) is 3.02. The Morgan fingerprint density at radius 2 is 2.53 bits per heavy atom. The van der Waals surface area contributed by atoms with Crippen LogP contribution < -0.4 is 10.6 Å². The van der Waals surface area contributed by atoms with E-state index in [9.17, 15) is 4.79 Å². The van der Waals surface area contributed by atoms with Crippen LogP contribution in [-0.2, 0) is 4.79 Å². The van der Waals surface area contributed by atoms with Crippen molar-refractivity contribution >= 4 is 29.4 Å². The average molecular weight is 248 g/mol. The van der Waals surface area contributed by atoms with Crippen molar-refractivity contribution in [3.63, 3.8) is 0 Å². The Labute approximate surface area is 101 Å². The fourth-order valence-electron chi connectivity index (χ4n) is 1.41. The maximum absolute atomic E-state index is 11.8. The Morgan fingerprint density at radius 1 is 1.73 bits per heavy atom. The summed E-state index contributed by atoms with van der Waals surface area (Å²) in [6.45, 7) is 5.15. The first-order chi connectivity index (χ1) is 7.24. The molecule has 1 heterocycles. The minimum Gasteiger partial charge on any atom is -0.351 e. The van der Waals surface area contributed by atoms with Crippen LogP contribution in [0.25, 0.3) is 0 Å². The summed E-state index contributed by atoms with van der Waals surface area (Å²) in [5.41, 5.74) is 0. The van der Waals surface area contributed by atoms with Gasteiger partial charge in [0.25, 0.3) is 0 Å². The van der Waals surface area contributed by atoms with Crippen LogP contribution in [0.1, 0.15) is 13.8 Å². The molecule has 88 valence electrons. The van der Waals surface area contributed by atoms with Gasteiger partial charge in [-0.15, -0.1) is 0 Å². The van der Waals surface area contributed by atoms with E-state index in [1.54, 1.807) is 0 Å². The van der Waals surface area contributed by atoms with E-state index in [2.05, 4.69) is 24.5 Å².